The van der Waals surface area contributed by atoms with Crippen LogP contribution in [-0.4, -0.2) is 40.7 Å². The fourth-order valence-corrected chi connectivity index (χ4v) is 4.74. The molecule has 182 valence electrons. The molecule has 0 fully saturated rings. The van der Waals surface area contributed by atoms with Crippen LogP contribution in [0.3, 0.4) is 0 Å². The Hall–Kier alpha value is -4.25. The third-order valence-electron chi connectivity index (χ3n) is 5.16. The number of carbonyl (C=O) groups excluding carboxylic acids is 2. The number of sulfonamides is 1. The number of amides is 2. The van der Waals surface area contributed by atoms with E-state index in [1.165, 1.54) is 19.2 Å². The maximum atomic E-state index is 13.0. The van der Waals surface area contributed by atoms with Gasteiger partial charge < -0.3 is 24.8 Å². The average Bonchev–Trinajstić information content (AvgIpc) is 3.32. The molecule has 0 aliphatic carbocycles. The minimum atomic E-state index is -3.97. The van der Waals surface area contributed by atoms with Crippen LogP contribution in [0.5, 0.6) is 17.2 Å². The van der Waals surface area contributed by atoms with Crippen LogP contribution in [0.15, 0.2) is 65.6 Å². The summed E-state index contributed by atoms with van der Waals surface area (Å²) in [5.74, 6) is 0.383. The highest BCUT2D eigenvalue weighted by atomic mass is 32.2. The molecule has 0 atom stereocenters. The van der Waals surface area contributed by atoms with Gasteiger partial charge in [0.15, 0.2) is 11.5 Å². The van der Waals surface area contributed by atoms with Crippen molar-refractivity contribution in [1.29, 1.82) is 0 Å². The summed E-state index contributed by atoms with van der Waals surface area (Å²) in [5, 5.41) is 5.12. The van der Waals surface area contributed by atoms with Gasteiger partial charge in [-0.15, -0.1) is 0 Å². The number of carbonyl (C=O) groups is 2. The molecule has 0 saturated heterocycles. The lowest BCUT2D eigenvalue weighted by atomic mass is 10.2. The van der Waals surface area contributed by atoms with E-state index < -0.39 is 21.8 Å². The number of hydrogen-bond acceptors (Lipinski definition) is 7. The molecular formula is C24H23N3O7S. The number of aryl methyl sites for hydroxylation is 1. The molecule has 2 amide bonds. The Morgan fingerprint density at radius 3 is 2.57 bits per heavy atom. The number of rotatable bonds is 8. The van der Waals surface area contributed by atoms with E-state index in [1.54, 1.807) is 55.5 Å². The van der Waals surface area contributed by atoms with Crippen LogP contribution in [0.1, 0.15) is 15.9 Å². The van der Waals surface area contributed by atoms with Crippen LogP contribution in [0.4, 0.5) is 11.4 Å². The topological polar surface area (TPSA) is 132 Å². The lowest BCUT2D eigenvalue weighted by Gasteiger charge is -2.14. The van der Waals surface area contributed by atoms with Crippen molar-refractivity contribution >= 4 is 33.2 Å². The van der Waals surface area contributed by atoms with Crippen molar-refractivity contribution in [3.8, 4) is 17.2 Å². The Balaban J connectivity index is 1.41. The van der Waals surface area contributed by atoms with Crippen molar-refractivity contribution in [2.24, 2.45) is 0 Å². The average molecular weight is 498 g/mol. The number of methoxy groups -OCH3 is 1. The van der Waals surface area contributed by atoms with E-state index in [0.717, 1.165) is 0 Å². The summed E-state index contributed by atoms with van der Waals surface area (Å²) in [6, 6.07) is 15.8. The predicted molar refractivity (Wildman–Crippen MR) is 129 cm³/mol. The van der Waals surface area contributed by atoms with E-state index in [0.29, 0.717) is 28.4 Å². The number of ether oxygens (including phenoxy) is 3. The van der Waals surface area contributed by atoms with Crippen LogP contribution in [0.25, 0.3) is 0 Å². The largest absolute Gasteiger partial charge is 0.495 e. The van der Waals surface area contributed by atoms with Crippen LogP contribution < -0.4 is 29.6 Å². The first-order chi connectivity index (χ1) is 16.8. The molecule has 3 N–H and O–H groups in total. The zero-order valence-electron chi connectivity index (χ0n) is 19.0. The third kappa shape index (κ3) is 5.46. The molecule has 11 heteroatoms. The SMILES string of the molecule is COc1ccccc1NS(=O)(=O)c1cc(NC(=O)CNC(=O)c2ccc3c(c2)OCO3)ccc1C. The van der Waals surface area contributed by atoms with Crippen LogP contribution in [0.2, 0.25) is 0 Å². The molecule has 0 bridgehead atoms. The van der Waals surface area contributed by atoms with E-state index in [9.17, 15) is 18.0 Å². The van der Waals surface area contributed by atoms with Crippen molar-refractivity contribution in [2.45, 2.75) is 11.8 Å². The summed E-state index contributed by atoms with van der Waals surface area (Å²) in [5.41, 5.74) is 1.35. The number of benzene rings is 3. The van der Waals surface area contributed by atoms with Crippen LogP contribution in [-0.2, 0) is 14.8 Å². The predicted octanol–water partition coefficient (Wildman–Crippen LogP) is 2.90. The zero-order chi connectivity index (χ0) is 25.0. The highest BCUT2D eigenvalue weighted by Gasteiger charge is 2.20. The summed E-state index contributed by atoms with van der Waals surface area (Å²) < 4.78 is 44.2. The smallest absolute Gasteiger partial charge is 0.262 e. The van der Waals surface area contributed by atoms with Gasteiger partial charge >= 0.3 is 0 Å². The lowest BCUT2D eigenvalue weighted by Crippen LogP contribution is -2.32. The fraction of sp³-hybridized carbons (Fsp3) is 0.167. The monoisotopic (exact) mass is 497 g/mol. The highest BCUT2D eigenvalue weighted by Crippen LogP contribution is 2.32. The zero-order valence-corrected chi connectivity index (χ0v) is 19.8. The van der Waals surface area contributed by atoms with Crippen molar-refractivity contribution < 1.29 is 32.2 Å². The van der Waals surface area contributed by atoms with Crippen molar-refractivity contribution in [1.82, 2.24) is 5.32 Å². The molecule has 0 unspecified atom stereocenters. The van der Waals surface area contributed by atoms with Crippen molar-refractivity contribution in [3.63, 3.8) is 0 Å². The molecule has 35 heavy (non-hydrogen) atoms. The van der Waals surface area contributed by atoms with E-state index in [4.69, 9.17) is 14.2 Å². The van der Waals surface area contributed by atoms with Gasteiger partial charge in [-0.2, -0.15) is 0 Å². The molecule has 3 aromatic carbocycles. The molecule has 0 saturated carbocycles. The Kier molecular flexibility index (Phi) is 6.78. The maximum Gasteiger partial charge on any atom is 0.262 e. The minimum absolute atomic E-state index is 0.00870. The molecule has 0 aromatic heterocycles. The van der Waals surface area contributed by atoms with Crippen LogP contribution in [0, 0.1) is 6.92 Å². The Labute approximate surface area is 202 Å². The van der Waals surface area contributed by atoms with Crippen molar-refractivity contribution in [2.75, 3.05) is 30.5 Å². The number of anilines is 2. The lowest BCUT2D eigenvalue weighted by molar-refractivity contribution is -0.115. The van der Waals surface area contributed by atoms with Gasteiger partial charge in [0.25, 0.3) is 15.9 Å². The Morgan fingerprint density at radius 2 is 1.77 bits per heavy atom. The summed E-state index contributed by atoms with van der Waals surface area (Å²) in [6.45, 7) is 1.42. The molecule has 3 aromatic rings. The number of para-hydroxylation sites is 2. The number of hydrogen-bond donors (Lipinski definition) is 3. The van der Waals surface area contributed by atoms with Crippen LogP contribution >= 0.6 is 0 Å². The molecule has 0 spiro atoms. The third-order valence-corrected chi connectivity index (χ3v) is 6.66. The second-order valence-electron chi connectivity index (χ2n) is 7.58. The van der Waals surface area contributed by atoms with Gasteiger partial charge in [0.05, 0.1) is 24.2 Å². The maximum absolute atomic E-state index is 13.0. The summed E-state index contributed by atoms with van der Waals surface area (Å²) >= 11 is 0. The van der Waals surface area contributed by atoms with E-state index >= 15 is 0 Å². The van der Waals surface area contributed by atoms with E-state index in [1.807, 2.05) is 0 Å². The molecule has 4 rings (SSSR count). The first-order valence-electron chi connectivity index (χ1n) is 10.5. The second kappa shape index (κ2) is 9.94. The van der Waals surface area contributed by atoms with Gasteiger partial charge in [0.1, 0.15) is 5.75 Å². The molecule has 1 heterocycles. The van der Waals surface area contributed by atoms with Crippen molar-refractivity contribution in [3.05, 3.63) is 71.8 Å². The van der Waals surface area contributed by atoms with Gasteiger partial charge in [-0.05, 0) is 55.0 Å². The van der Waals surface area contributed by atoms with Gasteiger partial charge in [-0.25, -0.2) is 8.42 Å². The van der Waals surface area contributed by atoms with Gasteiger partial charge in [0.2, 0.25) is 12.7 Å². The van der Waals surface area contributed by atoms with Gasteiger partial charge in [0, 0.05) is 11.3 Å². The normalized spacial score (nSPS) is 12.1. The van der Waals surface area contributed by atoms with E-state index in [-0.39, 0.29) is 29.6 Å². The summed E-state index contributed by atoms with van der Waals surface area (Å²) in [6.07, 6.45) is 0. The molecule has 1 aliphatic heterocycles. The number of nitrogens with one attached hydrogen (secondary N) is 3. The molecule has 0 radical (unpaired) electrons. The Bertz CT molecular complexity index is 1390. The second-order valence-corrected chi connectivity index (χ2v) is 9.24. The molecule has 10 nitrogen and oxygen atoms in total. The molecular weight excluding hydrogens is 474 g/mol. The quantitative estimate of drug-likeness (QED) is 0.436. The first kappa shape index (κ1) is 23.9. The standard InChI is InChI=1S/C24H23N3O7S/c1-15-7-9-17(12-22(15)35(30,31)27-18-5-3-4-6-19(18)32-2)26-23(28)13-25-24(29)16-8-10-20-21(11-16)34-14-33-20/h3-12,27H,13-14H2,1-2H3,(H,25,29)(H,26,28). The molecule has 1 aliphatic rings. The van der Waals surface area contributed by atoms with Gasteiger partial charge in [-0.3, -0.25) is 14.3 Å². The summed E-state index contributed by atoms with van der Waals surface area (Å²) in [4.78, 5) is 24.8. The number of fused-ring (bicyclic) bond motifs is 1. The first-order valence-corrected chi connectivity index (χ1v) is 12.0. The summed E-state index contributed by atoms with van der Waals surface area (Å²) in [7, 11) is -2.53. The fourth-order valence-electron chi connectivity index (χ4n) is 3.40. The Morgan fingerprint density at radius 1 is 1.00 bits per heavy atom. The van der Waals surface area contributed by atoms with Gasteiger partial charge in [-0.1, -0.05) is 18.2 Å². The highest BCUT2D eigenvalue weighted by molar-refractivity contribution is 7.92. The van der Waals surface area contributed by atoms with E-state index in [2.05, 4.69) is 15.4 Å². The minimum Gasteiger partial charge on any atom is -0.495 e.